The molecule has 1 aromatic carbocycles. The van der Waals surface area contributed by atoms with Crippen LogP contribution in [-0.2, 0) is 16.1 Å². The van der Waals surface area contributed by atoms with Crippen LogP contribution in [0.25, 0.3) is 5.65 Å². The number of hydrogen-bond acceptors (Lipinski definition) is 6. The van der Waals surface area contributed by atoms with Crippen LogP contribution in [0, 0.1) is 20.8 Å². The average molecular weight is 505 g/mol. The number of fused-ring (bicyclic) bond motifs is 1. The number of aryl methyl sites for hydroxylation is 3. The van der Waals surface area contributed by atoms with Crippen molar-refractivity contribution >= 4 is 29.3 Å². The minimum absolute atomic E-state index is 0.00457. The highest BCUT2D eigenvalue weighted by molar-refractivity contribution is 7.90. The second-order valence-electron chi connectivity index (χ2n) is 8.58. The Bertz CT molecular complexity index is 1260. The molecule has 3 heterocycles. The molecule has 1 N–H and O–H groups in total. The highest BCUT2D eigenvalue weighted by atomic mass is 32.2. The third-order valence-electron chi connectivity index (χ3n) is 5.67. The Labute approximate surface area is 204 Å². The van der Waals surface area contributed by atoms with Gasteiger partial charge in [-0.2, -0.15) is 5.10 Å². The van der Waals surface area contributed by atoms with E-state index in [4.69, 9.17) is 4.74 Å². The molecule has 12 heteroatoms. The van der Waals surface area contributed by atoms with Crippen molar-refractivity contribution < 1.29 is 22.9 Å². The number of imidazole rings is 1. The van der Waals surface area contributed by atoms with Gasteiger partial charge in [-0.1, -0.05) is 22.1 Å². The van der Waals surface area contributed by atoms with Crippen LogP contribution >= 0.6 is 0 Å². The number of methoxy groups -OCH3 is 1. The summed E-state index contributed by atoms with van der Waals surface area (Å²) in [5.74, 6) is -3.06. The smallest absolute Gasteiger partial charge is 0.318 e. The molecule has 3 aromatic rings. The van der Waals surface area contributed by atoms with Crippen LogP contribution in [0.3, 0.4) is 0 Å². The Morgan fingerprint density at radius 3 is 2.71 bits per heavy atom. The number of nitrogens with zero attached hydrogens (tertiary/aromatic N) is 5. The molecule has 1 fully saturated rings. The van der Waals surface area contributed by atoms with E-state index < -0.39 is 42.4 Å². The van der Waals surface area contributed by atoms with Crippen molar-refractivity contribution in [2.45, 2.75) is 37.6 Å². The molecule has 0 spiro atoms. The second kappa shape index (κ2) is 9.88. The molecule has 0 bridgehead atoms. The van der Waals surface area contributed by atoms with Gasteiger partial charge in [0.25, 0.3) is 5.92 Å². The molecular weight excluding hydrogens is 478 g/mol. The number of halogens is 2. The quantitative estimate of drug-likeness (QED) is 0.393. The number of carbonyl (C=O) groups is 1. The molecular formula is C23H26F2N6O3S. The number of alkyl halides is 2. The summed E-state index contributed by atoms with van der Waals surface area (Å²) in [6.45, 7) is 4.35. The summed E-state index contributed by atoms with van der Waals surface area (Å²) in [4.78, 5) is 18.5. The molecule has 2 aromatic heterocycles. The minimum atomic E-state index is -3.06. The van der Waals surface area contributed by atoms with E-state index in [0.717, 1.165) is 21.6 Å². The van der Waals surface area contributed by atoms with Gasteiger partial charge in [0.05, 0.1) is 38.1 Å². The number of amides is 2. The van der Waals surface area contributed by atoms with Crippen molar-refractivity contribution in [2.75, 3.05) is 26.8 Å². The lowest BCUT2D eigenvalue weighted by Gasteiger charge is -2.38. The van der Waals surface area contributed by atoms with Crippen molar-refractivity contribution in [2.24, 2.45) is 4.40 Å². The molecule has 4 rings (SSSR count). The molecule has 9 nitrogen and oxygen atoms in total. The summed E-state index contributed by atoms with van der Waals surface area (Å²) >= 11 is -1.61. The van der Waals surface area contributed by atoms with Crippen molar-refractivity contribution in [3.05, 3.63) is 58.5 Å². The van der Waals surface area contributed by atoms with E-state index >= 15 is 0 Å². The molecule has 1 unspecified atom stereocenters. The third kappa shape index (κ3) is 5.44. The van der Waals surface area contributed by atoms with Crippen molar-refractivity contribution in [3.8, 4) is 0 Å². The standard InChI is InChI=1S/C23H26F2N6O3S/c1-14-5-15(2)21(16(3)6-14)35(33)28-9-18-10-31-20(29-18)7-17(8-27-31)19(11-34-4)30-13-23(24,25)12-26-22(30)32/h5-10,19H,11-13H2,1-4H3,(H,26,32)/t19-,35?/m1/s1. The van der Waals surface area contributed by atoms with Crippen molar-refractivity contribution in [3.63, 3.8) is 0 Å². The number of ether oxygens (including phenoxy) is 1. The number of aromatic nitrogens is 3. The summed E-state index contributed by atoms with van der Waals surface area (Å²) in [6, 6.07) is 4.19. The SMILES string of the molecule is COC[C@H](c1cnn2cc(C=N[S+]([O-])c3c(C)cc(C)cc3C)nc2c1)N1CC(F)(F)CNC1=O. The van der Waals surface area contributed by atoms with Crippen LogP contribution in [0.5, 0.6) is 0 Å². The zero-order chi connectivity index (χ0) is 25.3. The molecule has 0 radical (unpaired) electrons. The predicted octanol–water partition coefficient (Wildman–Crippen LogP) is 3.14. The normalized spacial score (nSPS) is 17.7. The summed E-state index contributed by atoms with van der Waals surface area (Å²) in [5.41, 5.74) is 4.23. The summed E-state index contributed by atoms with van der Waals surface area (Å²) in [7, 11) is 1.43. The van der Waals surface area contributed by atoms with Crippen molar-refractivity contribution in [1.82, 2.24) is 24.8 Å². The van der Waals surface area contributed by atoms with E-state index in [1.54, 1.807) is 12.3 Å². The topological polar surface area (TPSA) is 107 Å². The summed E-state index contributed by atoms with van der Waals surface area (Å²) < 4.78 is 51.6. The first-order valence-electron chi connectivity index (χ1n) is 10.9. The second-order valence-corrected chi connectivity index (χ2v) is 9.70. The molecule has 1 saturated heterocycles. The van der Waals surface area contributed by atoms with Crippen LogP contribution < -0.4 is 5.32 Å². The number of hydrogen-bond donors (Lipinski definition) is 1. The maximum absolute atomic E-state index is 14.0. The van der Waals surface area contributed by atoms with Gasteiger partial charge >= 0.3 is 6.03 Å². The molecule has 186 valence electrons. The third-order valence-corrected chi connectivity index (χ3v) is 6.96. The molecule has 2 amide bonds. The van der Waals surface area contributed by atoms with Gasteiger partial charge in [0.15, 0.2) is 10.5 Å². The number of urea groups is 1. The maximum atomic E-state index is 14.0. The lowest BCUT2D eigenvalue weighted by molar-refractivity contribution is -0.0509. The van der Waals surface area contributed by atoms with E-state index in [2.05, 4.69) is 19.8 Å². The molecule has 35 heavy (non-hydrogen) atoms. The fourth-order valence-corrected chi connectivity index (χ4v) is 5.19. The van der Waals surface area contributed by atoms with Gasteiger partial charge in [0.2, 0.25) is 0 Å². The van der Waals surface area contributed by atoms with Gasteiger partial charge in [0.1, 0.15) is 23.3 Å². The Morgan fingerprint density at radius 2 is 2.03 bits per heavy atom. The number of carbonyl (C=O) groups excluding carboxylic acids is 1. The number of rotatable bonds is 7. The lowest BCUT2D eigenvalue weighted by atomic mass is 10.1. The average Bonchev–Trinajstić information content (AvgIpc) is 3.19. The van der Waals surface area contributed by atoms with Gasteiger partial charge < -0.3 is 19.5 Å². The molecule has 2 atom stereocenters. The van der Waals surface area contributed by atoms with Gasteiger partial charge in [0, 0.05) is 23.8 Å². The Balaban J connectivity index is 1.59. The fraction of sp³-hybridized carbons (Fsp3) is 0.391. The molecule has 1 aliphatic rings. The monoisotopic (exact) mass is 504 g/mol. The van der Waals surface area contributed by atoms with E-state index in [-0.39, 0.29) is 6.61 Å². The summed E-state index contributed by atoms with van der Waals surface area (Å²) in [6.07, 6.45) is 4.51. The Hall–Kier alpha value is -3.09. The van der Waals surface area contributed by atoms with Crippen LogP contribution in [0.4, 0.5) is 13.6 Å². The summed E-state index contributed by atoms with van der Waals surface area (Å²) in [5, 5.41) is 6.52. The number of benzene rings is 1. The van der Waals surface area contributed by atoms with Gasteiger partial charge in [-0.3, -0.25) is 0 Å². The van der Waals surface area contributed by atoms with Crippen molar-refractivity contribution in [1.29, 1.82) is 0 Å². The molecule has 0 saturated carbocycles. The highest BCUT2D eigenvalue weighted by Gasteiger charge is 2.42. The van der Waals surface area contributed by atoms with E-state index in [9.17, 15) is 18.1 Å². The van der Waals surface area contributed by atoms with Crippen LogP contribution in [0.2, 0.25) is 0 Å². The zero-order valence-corrected chi connectivity index (χ0v) is 20.6. The molecule has 0 aliphatic carbocycles. The minimum Gasteiger partial charge on any atom is -0.586 e. The maximum Gasteiger partial charge on any atom is 0.318 e. The van der Waals surface area contributed by atoms with E-state index in [1.165, 1.54) is 24.0 Å². The van der Waals surface area contributed by atoms with Gasteiger partial charge in [-0.05, 0) is 26.8 Å². The number of nitrogens with one attached hydrogen (secondary N) is 1. The first-order valence-corrected chi connectivity index (χ1v) is 12.0. The van der Waals surface area contributed by atoms with Crippen LogP contribution in [0.15, 0.2) is 39.9 Å². The Morgan fingerprint density at radius 1 is 1.31 bits per heavy atom. The van der Waals surface area contributed by atoms with E-state index in [0.29, 0.717) is 21.8 Å². The predicted molar refractivity (Wildman–Crippen MR) is 127 cm³/mol. The first-order chi connectivity index (χ1) is 16.6. The highest BCUT2D eigenvalue weighted by Crippen LogP contribution is 2.28. The first kappa shape index (κ1) is 25.0. The van der Waals surface area contributed by atoms with E-state index in [1.807, 2.05) is 32.9 Å². The van der Waals surface area contributed by atoms with Crippen LogP contribution in [0.1, 0.15) is 34.0 Å². The van der Waals surface area contributed by atoms with Crippen LogP contribution in [-0.4, -0.2) is 69.0 Å². The fourth-order valence-electron chi connectivity index (χ4n) is 4.21. The molecule has 1 aliphatic heterocycles. The van der Waals surface area contributed by atoms with Gasteiger partial charge in [-0.15, -0.1) is 0 Å². The largest absolute Gasteiger partial charge is 0.586 e. The van der Waals surface area contributed by atoms with Gasteiger partial charge in [-0.25, -0.2) is 23.1 Å². The Kier molecular flexibility index (Phi) is 7.06. The lowest BCUT2D eigenvalue weighted by Crippen LogP contribution is -2.58. The zero-order valence-electron chi connectivity index (χ0n) is 19.8.